The first-order valence-corrected chi connectivity index (χ1v) is 14.8. The number of carbonyl (C=O) groups excluding carboxylic acids is 1. The molecule has 1 unspecified atom stereocenters. The van der Waals surface area contributed by atoms with Gasteiger partial charge in [0.05, 0.1) is 22.3 Å². The van der Waals surface area contributed by atoms with E-state index in [4.69, 9.17) is 0 Å². The molecule has 0 bridgehead atoms. The van der Waals surface area contributed by atoms with E-state index in [2.05, 4.69) is 30.2 Å². The van der Waals surface area contributed by atoms with E-state index in [1.165, 1.54) is 35.9 Å². The number of nitrogens with one attached hydrogen (secondary N) is 2. The molecule has 0 fully saturated rings. The molecule has 0 radical (unpaired) electrons. The molecule has 0 aromatic heterocycles. The monoisotopic (exact) mass is 570 g/mol. The molecule has 6 nitrogen and oxygen atoms in total. The summed E-state index contributed by atoms with van der Waals surface area (Å²) in [5.41, 5.74) is 2.68. The molecule has 0 aliphatic rings. The van der Waals surface area contributed by atoms with Gasteiger partial charge in [-0.1, -0.05) is 37.3 Å². The number of benzene rings is 3. The first-order valence-electron chi connectivity index (χ1n) is 13.2. The lowest BCUT2D eigenvalue weighted by Gasteiger charge is -2.25. The van der Waals surface area contributed by atoms with E-state index in [0.717, 1.165) is 30.2 Å². The highest BCUT2D eigenvalue weighted by Crippen LogP contribution is 2.20. The van der Waals surface area contributed by atoms with Gasteiger partial charge in [-0.05, 0) is 79.3 Å². The van der Waals surface area contributed by atoms with Crippen molar-refractivity contribution in [3.63, 3.8) is 0 Å². The lowest BCUT2D eigenvalue weighted by molar-refractivity contribution is 0.0829. The number of allylic oxidation sites excluding steroid dienone is 1. The molecular formula is C31H36F2N2O4S. The van der Waals surface area contributed by atoms with Crippen molar-refractivity contribution in [2.45, 2.75) is 61.9 Å². The topological polar surface area (TPSA) is 95.5 Å². The van der Waals surface area contributed by atoms with Gasteiger partial charge in [0.2, 0.25) is 0 Å². The second-order valence-corrected chi connectivity index (χ2v) is 12.2. The van der Waals surface area contributed by atoms with Gasteiger partial charge in [0.25, 0.3) is 5.91 Å². The van der Waals surface area contributed by atoms with E-state index in [1.54, 1.807) is 6.92 Å². The Bertz CT molecular complexity index is 1390. The highest BCUT2D eigenvalue weighted by Gasteiger charge is 2.25. The summed E-state index contributed by atoms with van der Waals surface area (Å²) in [5.74, 6) is -2.07. The largest absolute Gasteiger partial charge is 0.390 e. The molecule has 3 aromatic carbocycles. The van der Waals surface area contributed by atoms with E-state index < -0.39 is 44.8 Å². The van der Waals surface area contributed by atoms with Crippen molar-refractivity contribution in [1.82, 2.24) is 10.6 Å². The SMILES string of the molecule is C=CCC(C)S(=O)(=O)c1ccc(C(=O)N[C@@H](Cc2cc(F)cc(F)c2)[C@H](O)CNCc2cccc(CC)c2)cc1. The Balaban J connectivity index is 1.74. The fraction of sp³-hybridized carbons (Fsp3) is 0.323. The van der Waals surface area contributed by atoms with Crippen molar-refractivity contribution in [2.75, 3.05) is 6.54 Å². The Morgan fingerprint density at radius 2 is 1.65 bits per heavy atom. The average Bonchev–Trinajstić information content (AvgIpc) is 2.92. The lowest BCUT2D eigenvalue weighted by Crippen LogP contribution is -2.48. The molecule has 3 N–H and O–H groups in total. The van der Waals surface area contributed by atoms with Crippen molar-refractivity contribution in [1.29, 1.82) is 0 Å². The zero-order chi connectivity index (χ0) is 29.3. The van der Waals surface area contributed by atoms with Crippen molar-refractivity contribution >= 4 is 15.7 Å². The van der Waals surface area contributed by atoms with E-state index in [-0.39, 0.29) is 29.0 Å². The molecule has 214 valence electrons. The van der Waals surface area contributed by atoms with Crippen molar-refractivity contribution in [3.05, 3.63) is 113 Å². The number of carbonyl (C=O) groups is 1. The number of hydrogen-bond acceptors (Lipinski definition) is 5. The summed E-state index contributed by atoms with van der Waals surface area (Å²) < 4.78 is 53.1. The minimum Gasteiger partial charge on any atom is -0.390 e. The van der Waals surface area contributed by atoms with E-state index in [1.807, 2.05) is 18.2 Å². The number of rotatable bonds is 14. The molecule has 3 aromatic rings. The summed E-state index contributed by atoms with van der Waals surface area (Å²) in [6, 6.07) is 15.7. The molecule has 40 heavy (non-hydrogen) atoms. The van der Waals surface area contributed by atoms with E-state index in [9.17, 15) is 27.1 Å². The fourth-order valence-corrected chi connectivity index (χ4v) is 5.74. The normalized spacial score (nSPS) is 13.8. The number of aliphatic hydroxyl groups excluding tert-OH is 1. The van der Waals surface area contributed by atoms with Gasteiger partial charge < -0.3 is 15.7 Å². The summed E-state index contributed by atoms with van der Waals surface area (Å²) in [5, 5.41) is 16.3. The van der Waals surface area contributed by atoms with Crippen molar-refractivity contribution < 1.29 is 27.1 Å². The molecule has 3 atom stereocenters. The van der Waals surface area contributed by atoms with Crippen LogP contribution in [0, 0.1) is 11.6 Å². The zero-order valence-corrected chi connectivity index (χ0v) is 23.6. The quantitative estimate of drug-likeness (QED) is 0.243. The molecule has 0 saturated carbocycles. The van der Waals surface area contributed by atoms with Gasteiger partial charge >= 0.3 is 0 Å². The van der Waals surface area contributed by atoms with Crippen LogP contribution in [-0.2, 0) is 29.2 Å². The van der Waals surface area contributed by atoms with Crippen LogP contribution in [0.25, 0.3) is 0 Å². The average molecular weight is 571 g/mol. The van der Waals surface area contributed by atoms with Crippen LogP contribution in [-0.4, -0.2) is 43.4 Å². The van der Waals surface area contributed by atoms with Gasteiger partial charge in [0.15, 0.2) is 9.84 Å². The van der Waals surface area contributed by atoms with Crippen LogP contribution in [0.3, 0.4) is 0 Å². The van der Waals surface area contributed by atoms with Crippen molar-refractivity contribution in [3.8, 4) is 0 Å². The Morgan fingerprint density at radius 3 is 2.27 bits per heavy atom. The van der Waals surface area contributed by atoms with Gasteiger partial charge in [0, 0.05) is 24.7 Å². The standard InChI is InChI=1S/C31H36F2N2O4S/c1-4-7-21(3)40(38,39)28-12-10-25(11-13-28)31(37)35-29(17-24-15-26(32)18-27(33)16-24)30(36)20-34-19-23-9-6-8-22(5-2)14-23/h4,6,8-16,18,21,29-30,34,36H,1,5,7,17,19-20H2,2-3H3,(H,35,37)/t21?,29-,30+/m0/s1. The van der Waals surface area contributed by atoms with Gasteiger partial charge in [-0.15, -0.1) is 6.58 Å². The third kappa shape index (κ3) is 8.55. The molecule has 0 heterocycles. The molecule has 0 spiro atoms. The summed E-state index contributed by atoms with van der Waals surface area (Å²) in [6.07, 6.45) is 1.61. The van der Waals surface area contributed by atoms with E-state index in [0.29, 0.717) is 13.0 Å². The Hall–Kier alpha value is -3.40. The summed E-state index contributed by atoms with van der Waals surface area (Å²) in [7, 11) is -3.59. The minimum atomic E-state index is -3.59. The first-order chi connectivity index (χ1) is 19.0. The van der Waals surface area contributed by atoms with Crippen LogP contribution in [0.5, 0.6) is 0 Å². The zero-order valence-electron chi connectivity index (χ0n) is 22.7. The lowest BCUT2D eigenvalue weighted by atomic mass is 10.00. The molecule has 0 aliphatic carbocycles. The number of aryl methyl sites for hydroxylation is 1. The van der Waals surface area contributed by atoms with Crippen LogP contribution in [0.1, 0.15) is 47.3 Å². The number of halogens is 2. The van der Waals surface area contributed by atoms with Gasteiger partial charge in [-0.25, -0.2) is 17.2 Å². The third-order valence-corrected chi connectivity index (χ3v) is 8.90. The second kappa shape index (κ2) is 14.3. The fourth-order valence-electron chi connectivity index (χ4n) is 4.37. The smallest absolute Gasteiger partial charge is 0.251 e. The molecular weight excluding hydrogens is 534 g/mol. The molecule has 0 aliphatic heterocycles. The van der Waals surface area contributed by atoms with Gasteiger partial charge in [-0.2, -0.15) is 0 Å². The highest BCUT2D eigenvalue weighted by molar-refractivity contribution is 7.92. The highest BCUT2D eigenvalue weighted by atomic mass is 32.2. The van der Waals surface area contributed by atoms with E-state index >= 15 is 0 Å². The van der Waals surface area contributed by atoms with Crippen LogP contribution in [0.2, 0.25) is 0 Å². The molecule has 1 amide bonds. The Labute approximate surface area is 235 Å². The molecule has 9 heteroatoms. The summed E-state index contributed by atoms with van der Waals surface area (Å²) in [4.78, 5) is 13.2. The van der Waals surface area contributed by atoms with Crippen LogP contribution >= 0.6 is 0 Å². The van der Waals surface area contributed by atoms with Crippen molar-refractivity contribution in [2.24, 2.45) is 0 Å². The maximum absolute atomic E-state index is 13.8. The maximum Gasteiger partial charge on any atom is 0.251 e. The van der Waals surface area contributed by atoms with Gasteiger partial charge in [0.1, 0.15) is 11.6 Å². The number of hydrogen-bond donors (Lipinski definition) is 3. The van der Waals surface area contributed by atoms with Crippen LogP contribution in [0.4, 0.5) is 8.78 Å². The predicted molar refractivity (Wildman–Crippen MR) is 153 cm³/mol. The number of amides is 1. The second-order valence-electron chi connectivity index (χ2n) is 9.84. The minimum absolute atomic E-state index is 0.0277. The summed E-state index contributed by atoms with van der Waals surface area (Å²) in [6.45, 7) is 7.83. The number of sulfone groups is 1. The predicted octanol–water partition coefficient (Wildman–Crippen LogP) is 4.76. The third-order valence-electron chi connectivity index (χ3n) is 6.71. The van der Waals surface area contributed by atoms with Crippen LogP contribution in [0.15, 0.2) is 84.3 Å². The van der Waals surface area contributed by atoms with Gasteiger partial charge in [-0.3, -0.25) is 4.79 Å². The Morgan fingerprint density at radius 1 is 1.00 bits per heavy atom. The molecule has 3 rings (SSSR count). The van der Waals surface area contributed by atoms with Crippen LogP contribution < -0.4 is 10.6 Å². The summed E-state index contributed by atoms with van der Waals surface area (Å²) >= 11 is 0. The maximum atomic E-state index is 13.8. The molecule has 0 saturated heterocycles. The first kappa shape index (κ1) is 31.1. The Kier molecular flexibility index (Phi) is 11.1. The number of aliphatic hydroxyl groups is 1.